The minimum absolute atomic E-state index is 0.0911. The number of amides is 2. The van der Waals surface area contributed by atoms with Crippen LogP contribution in [0.3, 0.4) is 0 Å². The van der Waals surface area contributed by atoms with Crippen molar-refractivity contribution in [1.82, 2.24) is 10.2 Å². The number of esters is 1. The van der Waals surface area contributed by atoms with Gasteiger partial charge in [-0.1, -0.05) is 30.3 Å². The summed E-state index contributed by atoms with van der Waals surface area (Å²) < 4.78 is 58.9. The van der Waals surface area contributed by atoms with E-state index < -0.39 is 35.1 Å². The van der Waals surface area contributed by atoms with Crippen LogP contribution in [0.25, 0.3) is 0 Å². The van der Waals surface area contributed by atoms with Crippen molar-refractivity contribution in [3.8, 4) is 11.5 Å². The molecule has 1 aliphatic rings. The number of alkyl halides is 3. The molecule has 1 aliphatic heterocycles. The third-order valence-corrected chi connectivity index (χ3v) is 5.94. The van der Waals surface area contributed by atoms with Crippen molar-refractivity contribution in [1.29, 1.82) is 0 Å². The summed E-state index contributed by atoms with van der Waals surface area (Å²) in [4.78, 5) is 39.9. The quantitative estimate of drug-likeness (QED) is 0.553. The molecule has 36 heavy (non-hydrogen) atoms. The van der Waals surface area contributed by atoms with E-state index in [9.17, 15) is 27.6 Å². The first-order valence-electron chi connectivity index (χ1n) is 10.8. The maximum absolute atomic E-state index is 14.7. The molecule has 2 aromatic carbocycles. The fourth-order valence-corrected chi connectivity index (χ4v) is 4.10. The normalized spacial score (nSPS) is 17.8. The average molecular weight is 506 g/mol. The molecule has 0 spiro atoms. The van der Waals surface area contributed by atoms with Gasteiger partial charge in [-0.15, -0.1) is 0 Å². The van der Waals surface area contributed by atoms with E-state index in [-0.39, 0.29) is 35.7 Å². The number of nitrogens with one attached hydrogen (secondary N) is 1. The monoisotopic (exact) mass is 506 g/mol. The van der Waals surface area contributed by atoms with Gasteiger partial charge in [-0.25, -0.2) is 4.79 Å². The van der Waals surface area contributed by atoms with Crippen LogP contribution < -0.4 is 14.8 Å². The number of carbonyl (C=O) groups excluding carboxylic acids is 3. The van der Waals surface area contributed by atoms with E-state index >= 15 is 0 Å². The minimum Gasteiger partial charge on any atom is -0.493 e. The maximum atomic E-state index is 14.7. The SMILES string of the molecule is COC(=O)C1=C(C)N(CCc2ccccc2)C(=O)[C@]1(NC(=O)c1ccc(OC)c(OC)c1)C(F)(F)F. The van der Waals surface area contributed by atoms with Crippen LogP contribution in [0.5, 0.6) is 11.5 Å². The van der Waals surface area contributed by atoms with Crippen molar-refractivity contribution >= 4 is 17.8 Å². The zero-order chi connectivity index (χ0) is 26.7. The van der Waals surface area contributed by atoms with Crippen molar-refractivity contribution < 1.29 is 41.8 Å². The lowest BCUT2D eigenvalue weighted by Gasteiger charge is -2.33. The highest BCUT2D eigenvalue weighted by molar-refractivity contribution is 6.11. The largest absolute Gasteiger partial charge is 0.493 e. The third kappa shape index (κ3) is 4.60. The highest BCUT2D eigenvalue weighted by Gasteiger charge is 2.70. The molecular weight excluding hydrogens is 481 g/mol. The summed E-state index contributed by atoms with van der Waals surface area (Å²) in [6.45, 7) is 1.06. The molecule has 0 saturated heterocycles. The lowest BCUT2D eigenvalue weighted by atomic mass is 9.88. The molecule has 8 nitrogen and oxygen atoms in total. The number of benzene rings is 2. The Morgan fingerprint density at radius 2 is 1.64 bits per heavy atom. The van der Waals surface area contributed by atoms with Crippen LogP contribution in [0.1, 0.15) is 22.8 Å². The Morgan fingerprint density at radius 1 is 1.00 bits per heavy atom. The molecule has 0 aromatic heterocycles. The number of nitrogens with zero attached hydrogens (tertiary/aromatic N) is 1. The van der Waals surface area contributed by atoms with Gasteiger partial charge in [0.1, 0.15) is 5.57 Å². The van der Waals surface area contributed by atoms with Crippen molar-refractivity contribution in [3.05, 3.63) is 70.9 Å². The fraction of sp³-hybridized carbons (Fsp3) is 0.320. The second kappa shape index (κ2) is 10.3. The molecule has 1 N–H and O–H groups in total. The maximum Gasteiger partial charge on any atom is 0.425 e. The molecule has 0 aliphatic carbocycles. The van der Waals surface area contributed by atoms with Crippen LogP contribution in [0.15, 0.2) is 59.8 Å². The number of ether oxygens (including phenoxy) is 3. The van der Waals surface area contributed by atoms with E-state index in [1.165, 1.54) is 39.3 Å². The van der Waals surface area contributed by atoms with Gasteiger partial charge in [0.25, 0.3) is 17.4 Å². The molecule has 11 heteroatoms. The van der Waals surface area contributed by atoms with Crippen molar-refractivity contribution in [2.75, 3.05) is 27.9 Å². The standard InChI is InChI=1S/C25H25F3N2O6/c1-15-20(22(32)36-4)24(25(26,27)28,23(33)30(15)13-12-16-8-6-5-7-9-16)29-21(31)17-10-11-18(34-2)19(14-17)35-3/h5-11,14H,12-13H2,1-4H3,(H,29,31)/t24-/m0/s1. The zero-order valence-corrected chi connectivity index (χ0v) is 20.1. The van der Waals surface area contributed by atoms with E-state index in [2.05, 4.69) is 4.74 Å². The summed E-state index contributed by atoms with van der Waals surface area (Å²) in [5.41, 5.74) is -4.37. The molecule has 0 fully saturated rings. The first-order valence-corrected chi connectivity index (χ1v) is 10.8. The number of carbonyl (C=O) groups is 3. The Bertz CT molecular complexity index is 1200. The number of allylic oxidation sites excluding steroid dienone is 1. The Balaban J connectivity index is 2.07. The Morgan fingerprint density at radius 3 is 2.19 bits per heavy atom. The number of rotatable bonds is 8. The van der Waals surface area contributed by atoms with Crippen molar-refractivity contribution in [3.63, 3.8) is 0 Å². The van der Waals surface area contributed by atoms with Crippen molar-refractivity contribution in [2.24, 2.45) is 0 Å². The van der Waals surface area contributed by atoms with Gasteiger partial charge in [-0.3, -0.25) is 9.59 Å². The molecule has 0 radical (unpaired) electrons. The molecule has 192 valence electrons. The molecule has 1 atom stereocenters. The van der Waals surface area contributed by atoms with Crippen LogP contribution in [0.4, 0.5) is 13.2 Å². The highest BCUT2D eigenvalue weighted by Crippen LogP contribution is 2.45. The van der Waals surface area contributed by atoms with Crippen LogP contribution in [0.2, 0.25) is 0 Å². The summed E-state index contributed by atoms with van der Waals surface area (Å²) in [6.07, 6.45) is -5.15. The van der Waals surface area contributed by atoms with Gasteiger partial charge >= 0.3 is 12.1 Å². The van der Waals surface area contributed by atoms with Gasteiger partial charge < -0.3 is 24.4 Å². The Hall–Kier alpha value is -4.02. The van der Waals surface area contributed by atoms with Crippen molar-refractivity contribution in [2.45, 2.75) is 25.1 Å². The molecule has 0 unspecified atom stereocenters. The first-order chi connectivity index (χ1) is 17.0. The van der Waals surface area contributed by atoms with Crippen LogP contribution in [0, 0.1) is 0 Å². The summed E-state index contributed by atoms with van der Waals surface area (Å²) in [7, 11) is 3.55. The summed E-state index contributed by atoms with van der Waals surface area (Å²) in [6, 6.07) is 12.5. The topological polar surface area (TPSA) is 94.2 Å². The number of hydrogen-bond acceptors (Lipinski definition) is 6. The second-order valence-electron chi connectivity index (χ2n) is 7.92. The molecule has 2 amide bonds. The van der Waals surface area contributed by atoms with E-state index in [1.807, 2.05) is 0 Å². The summed E-state index contributed by atoms with van der Waals surface area (Å²) in [5.74, 6) is -3.80. The zero-order valence-electron chi connectivity index (χ0n) is 20.1. The lowest BCUT2D eigenvalue weighted by Crippen LogP contribution is -2.66. The van der Waals surface area contributed by atoms with E-state index in [0.29, 0.717) is 0 Å². The Labute approximate surface area is 205 Å². The van der Waals surface area contributed by atoms with Gasteiger partial charge in [0.2, 0.25) is 0 Å². The fourth-order valence-electron chi connectivity index (χ4n) is 4.10. The van der Waals surface area contributed by atoms with E-state index in [4.69, 9.17) is 9.47 Å². The van der Waals surface area contributed by atoms with Gasteiger partial charge in [-0.2, -0.15) is 13.2 Å². The predicted octanol–water partition coefficient (Wildman–Crippen LogP) is 3.27. The molecule has 2 aromatic rings. The Kier molecular flexibility index (Phi) is 7.61. The number of halogens is 3. The third-order valence-electron chi connectivity index (χ3n) is 5.94. The molecular formula is C25H25F3N2O6. The van der Waals surface area contributed by atoms with Gasteiger partial charge in [0.05, 0.1) is 21.3 Å². The molecule has 1 heterocycles. The van der Waals surface area contributed by atoms with E-state index in [1.54, 1.807) is 35.6 Å². The van der Waals surface area contributed by atoms with Gasteiger partial charge in [-0.05, 0) is 37.1 Å². The predicted molar refractivity (Wildman–Crippen MR) is 122 cm³/mol. The van der Waals surface area contributed by atoms with Crippen LogP contribution >= 0.6 is 0 Å². The van der Waals surface area contributed by atoms with Crippen LogP contribution in [-0.2, 0) is 20.7 Å². The molecule has 0 bridgehead atoms. The summed E-state index contributed by atoms with van der Waals surface area (Å²) >= 11 is 0. The van der Waals surface area contributed by atoms with Gasteiger partial charge in [0, 0.05) is 17.8 Å². The average Bonchev–Trinajstić information content (AvgIpc) is 3.08. The minimum atomic E-state index is -5.37. The molecule has 3 rings (SSSR count). The number of methoxy groups -OCH3 is 3. The number of hydrogen-bond donors (Lipinski definition) is 1. The smallest absolute Gasteiger partial charge is 0.425 e. The van der Waals surface area contributed by atoms with E-state index in [0.717, 1.165) is 17.6 Å². The van der Waals surface area contributed by atoms with Crippen LogP contribution in [-0.4, -0.2) is 62.3 Å². The lowest BCUT2D eigenvalue weighted by molar-refractivity contribution is -0.192. The molecule has 0 saturated carbocycles. The summed E-state index contributed by atoms with van der Waals surface area (Å²) in [5, 5.41) is 1.80. The highest BCUT2D eigenvalue weighted by atomic mass is 19.4. The second-order valence-corrected chi connectivity index (χ2v) is 7.92. The van der Waals surface area contributed by atoms with Gasteiger partial charge in [0.15, 0.2) is 11.5 Å². The first kappa shape index (κ1) is 26.6.